The van der Waals surface area contributed by atoms with Crippen molar-refractivity contribution in [1.29, 1.82) is 0 Å². The van der Waals surface area contributed by atoms with Crippen LogP contribution in [-0.4, -0.2) is 11.9 Å². The van der Waals surface area contributed by atoms with Crippen LogP contribution in [0.1, 0.15) is 20.3 Å². The molecule has 1 heterocycles. The zero-order valence-corrected chi connectivity index (χ0v) is 9.30. The molecule has 3 nitrogen and oxygen atoms in total. The molecule has 1 aromatic heterocycles. The molecule has 1 aromatic rings. The minimum Gasteiger partial charge on any atom is -0.324 e. The average molecular weight is 212 g/mol. The van der Waals surface area contributed by atoms with Gasteiger partial charge in [0.05, 0.1) is 11.7 Å². The number of nitrogens with one attached hydrogen (secondary N) is 1. The number of amides is 1. The molecule has 0 aliphatic heterocycles. The van der Waals surface area contributed by atoms with Crippen molar-refractivity contribution in [3.8, 4) is 0 Å². The highest BCUT2D eigenvalue weighted by molar-refractivity contribution is 7.08. The van der Waals surface area contributed by atoms with E-state index in [4.69, 9.17) is 5.73 Å². The lowest BCUT2D eigenvalue weighted by atomic mass is 10.0. The molecule has 78 valence electrons. The second-order valence-electron chi connectivity index (χ2n) is 3.74. The molecule has 0 aromatic carbocycles. The van der Waals surface area contributed by atoms with E-state index in [0.717, 1.165) is 12.1 Å². The second kappa shape index (κ2) is 5.12. The lowest BCUT2D eigenvalue weighted by Gasteiger charge is -2.13. The Morgan fingerprint density at radius 3 is 2.86 bits per heavy atom. The Balaban J connectivity index is 2.42. The Morgan fingerprint density at radius 2 is 2.36 bits per heavy atom. The highest BCUT2D eigenvalue weighted by atomic mass is 32.1. The Labute approximate surface area is 88.3 Å². The maximum absolute atomic E-state index is 11.5. The third kappa shape index (κ3) is 3.47. The number of nitrogens with two attached hydrogens (primary N) is 1. The summed E-state index contributed by atoms with van der Waals surface area (Å²) in [5.74, 6) is 0.343. The molecule has 1 atom stereocenters. The van der Waals surface area contributed by atoms with Crippen LogP contribution < -0.4 is 11.1 Å². The van der Waals surface area contributed by atoms with Crippen molar-refractivity contribution < 1.29 is 4.79 Å². The van der Waals surface area contributed by atoms with Gasteiger partial charge in [0.25, 0.3) is 0 Å². The predicted octanol–water partition coefficient (Wildman–Crippen LogP) is 2.06. The first-order valence-corrected chi connectivity index (χ1v) is 5.62. The Bertz CT molecular complexity index is 282. The Morgan fingerprint density at radius 1 is 1.64 bits per heavy atom. The fraction of sp³-hybridized carbons (Fsp3) is 0.500. The molecule has 0 saturated heterocycles. The van der Waals surface area contributed by atoms with Gasteiger partial charge in [0.2, 0.25) is 5.91 Å². The number of thiophene rings is 1. The minimum atomic E-state index is -0.408. The van der Waals surface area contributed by atoms with Crippen molar-refractivity contribution in [2.45, 2.75) is 26.3 Å². The molecule has 0 aliphatic rings. The third-order valence-electron chi connectivity index (χ3n) is 1.85. The third-order valence-corrected chi connectivity index (χ3v) is 2.53. The van der Waals surface area contributed by atoms with E-state index in [1.807, 2.05) is 16.8 Å². The maximum atomic E-state index is 11.5. The summed E-state index contributed by atoms with van der Waals surface area (Å²) in [4.78, 5) is 11.5. The fourth-order valence-corrected chi connectivity index (χ4v) is 1.77. The molecule has 0 bridgehead atoms. The summed E-state index contributed by atoms with van der Waals surface area (Å²) < 4.78 is 0. The van der Waals surface area contributed by atoms with E-state index in [2.05, 4.69) is 19.2 Å². The molecule has 0 aliphatic carbocycles. The van der Waals surface area contributed by atoms with E-state index in [1.165, 1.54) is 0 Å². The molecule has 3 N–H and O–H groups in total. The van der Waals surface area contributed by atoms with Gasteiger partial charge in [-0.2, -0.15) is 11.3 Å². The van der Waals surface area contributed by atoms with Gasteiger partial charge in [0, 0.05) is 5.38 Å². The average Bonchev–Trinajstić information content (AvgIpc) is 2.55. The van der Waals surface area contributed by atoms with Gasteiger partial charge in [0.15, 0.2) is 0 Å². The van der Waals surface area contributed by atoms with Crippen molar-refractivity contribution in [2.75, 3.05) is 5.32 Å². The van der Waals surface area contributed by atoms with Crippen LogP contribution in [0.3, 0.4) is 0 Å². The first kappa shape index (κ1) is 11.2. The van der Waals surface area contributed by atoms with Gasteiger partial charge in [0.1, 0.15) is 0 Å². The van der Waals surface area contributed by atoms with Gasteiger partial charge < -0.3 is 11.1 Å². The molecule has 0 spiro atoms. The molecule has 0 fully saturated rings. The van der Waals surface area contributed by atoms with Crippen LogP contribution in [0.4, 0.5) is 5.69 Å². The van der Waals surface area contributed by atoms with Crippen molar-refractivity contribution in [3.05, 3.63) is 16.8 Å². The Kier molecular flexibility index (Phi) is 4.10. The Hall–Kier alpha value is -0.870. The molecule has 0 unspecified atom stereocenters. The molecule has 4 heteroatoms. The topological polar surface area (TPSA) is 55.1 Å². The SMILES string of the molecule is CC(C)C[C@H](N)C(=O)Nc1ccsc1. The van der Waals surface area contributed by atoms with Crippen LogP contribution in [0.15, 0.2) is 16.8 Å². The van der Waals surface area contributed by atoms with Crippen molar-refractivity contribution >= 4 is 22.9 Å². The quantitative estimate of drug-likeness (QED) is 0.802. The van der Waals surface area contributed by atoms with Gasteiger partial charge >= 0.3 is 0 Å². The predicted molar refractivity (Wildman–Crippen MR) is 60.4 cm³/mol. The molecular weight excluding hydrogens is 196 g/mol. The van der Waals surface area contributed by atoms with Crippen molar-refractivity contribution in [2.24, 2.45) is 11.7 Å². The lowest BCUT2D eigenvalue weighted by Crippen LogP contribution is -2.36. The number of hydrogen-bond acceptors (Lipinski definition) is 3. The number of anilines is 1. The number of carbonyl (C=O) groups excluding carboxylic acids is 1. The van der Waals surface area contributed by atoms with Crippen molar-refractivity contribution in [1.82, 2.24) is 0 Å². The number of rotatable bonds is 4. The van der Waals surface area contributed by atoms with Gasteiger partial charge in [-0.3, -0.25) is 4.79 Å². The van der Waals surface area contributed by atoms with E-state index in [1.54, 1.807) is 11.3 Å². The fourth-order valence-electron chi connectivity index (χ4n) is 1.19. The molecule has 1 amide bonds. The standard InChI is InChI=1S/C10H16N2OS/c1-7(2)5-9(11)10(13)12-8-3-4-14-6-8/h3-4,6-7,9H,5,11H2,1-2H3,(H,12,13)/t9-/m0/s1. The van der Waals surface area contributed by atoms with Gasteiger partial charge in [-0.05, 0) is 23.8 Å². The van der Waals surface area contributed by atoms with E-state index in [0.29, 0.717) is 5.92 Å². The lowest BCUT2D eigenvalue weighted by molar-refractivity contribution is -0.117. The molecule has 1 rings (SSSR count). The summed E-state index contributed by atoms with van der Waals surface area (Å²) in [5, 5.41) is 6.58. The van der Waals surface area contributed by atoms with Gasteiger partial charge in [-0.1, -0.05) is 13.8 Å². The molecule has 0 radical (unpaired) electrons. The van der Waals surface area contributed by atoms with Crippen LogP contribution in [0.5, 0.6) is 0 Å². The van der Waals surface area contributed by atoms with E-state index >= 15 is 0 Å². The number of carbonyl (C=O) groups is 1. The normalized spacial score (nSPS) is 12.9. The molecule has 0 saturated carbocycles. The second-order valence-corrected chi connectivity index (χ2v) is 4.52. The summed E-state index contributed by atoms with van der Waals surface area (Å²) in [7, 11) is 0. The zero-order chi connectivity index (χ0) is 10.6. The van der Waals surface area contributed by atoms with Gasteiger partial charge in [-0.15, -0.1) is 0 Å². The summed E-state index contributed by atoms with van der Waals surface area (Å²) >= 11 is 1.55. The van der Waals surface area contributed by atoms with Crippen LogP contribution in [-0.2, 0) is 4.79 Å². The first-order valence-electron chi connectivity index (χ1n) is 4.68. The van der Waals surface area contributed by atoms with E-state index < -0.39 is 6.04 Å². The van der Waals surface area contributed by atoms with Crippen LogP contribution in [0.2, 0.25) is 0 Å². The highest BCUT2D eigenvalue weighted by Gasteiger charge is 2.14. The highest BCUT2D eigenvalue weighted by Crippen LogP contribution is 2.12. The number of hydrogen-bond donors (Lipinski definition) is 2. The van der Waals surface area contributed by atoms with Crippen molar-refractivity contribution in [3.63, 3.8) is 0 Å². The van der Waals surface area contributed by atoms with E-state index in [9.17, 15) is 4.79 Å². The van der Waals surface area contributed by atoms with Gasteiger partial charge in [-0.25, -0.2) is 0 Å². The van der Waals surface area contributed by atoms with E-state index in [-0.39, 0.29) is 5.91 Å². The van der Waals surface area contributed by atoms with Crippen LogP contribution >= 0.6 is 11.3 Å². The summed E-state index contributed by atoms with van der Waals surface area (Å²) in [6.45, 7) is 4.11. The molecular formula is C10H16N2OS. The van der Waals surface area contributed by atoms with Crippen LogP contribution in [0.25, 0.3) is 0 Å². The summed E-state index contributed by atoms with van der Waals surface area (Å²) in [6, 6.07) is 1.46. The van der Waals surface area contributed by atoms with Crippen LogP contribution in [0, 0.1) is 5.92 Å². The first-order chi connectivity index (χ1) is 6.59. The molecule has 14 heavy (non-hydrogen) atoms. The minimum absolute atomic E-state index is 0.0999. The summed E-state index contributed by atoms with van der Waals surface area (Å²) in [6.07, 6.45) is 0.718. The largest absolute Gasteiger partial charge is 0.324 e. The smallest absolute Gasteiger partial charge is 0.241 e. The zero-order valence-electron chi connectivity index (χ0n) is 8.49. The summed E-state index contributed by atoms with van der Waals surface area (Å²) in [5.41, 5.74) is 6.56. The maximum Gasteiger partial charge on any atom is 0.241 e. The monoisotopic (exact) mass is 212 g/mol.